The van der Waals surface area contributed by atoms with Crippen LogP contribution in [0.4, 0.5) is 0 Å². The number of carbonyl (C=O) groups excluding carboxylic acids is 2. The van der Waals surface area contributed by atoms with Crippen molar-refractivity contribution in [2.24, 2.45) is 0 Å². The van der Waals surface area contributed by atoms with Gasteiger partial charge in [0.25, 0.3) is 5.91 Å². The molecule has 1 aliphatic carbocycles. The number of amides is 2. The predicted molar refractivity (Wildman–Crippen MR) is 155 cm³/mol. The van der Waals surface area contributed by atoms with Gasteiger partial charge in [0.1, 0.15) is 11.8 Å². The Hall–Kier alpha value is -2.83. The van der Waals surface area contributed by atoms with Crippen LogP contribution in [0, 0.1) is 13.8 Å². The highest BCUT2D eigenvalue weighted by atomic mass is 79.9. The van der Waals surface area contributed by atoms with Gasteiger partial charge in [-0.2, -0.15) is 0 Å². The van der Waals surface area contributed by atoms with Crippen LogP contribution < -0.4 is 10.1 Å². The average molecular weight is 598 g/mol. The van der Waals surface area contributed by atoms with Gasteiger partial charge in [0.05, 0.1) is 0 Å². The van der Waals surface area contributed by atoms with Crippen molar-refractivity contribution in [1.82, 2.24) is 10.2 Å². The smallest absolute Gasteiger partial charge is 0.261 e. The summed E-state index contributed by atoms with van der Waals surface area (Å²) in [5.41, 5.74) is 3.82. The van der Waals surface area contributed by atoms with Crippen LogP contribution in [0.25, 0.3) is 0 Å². The third-order valence-corrected chi connectivity index (χ3v) is 8.66. The van der Waals surface area contributed by atoms with E-state index in [1.165, 1.54) is 0 Å². The van der Waals surface area contributed by atoms with Crippen molar-refractivity contribution in [3.63, 3.8) is 0 Å². The minimum absolute atomic E-state index is 0.142. The molecule has 1 fully saturated rings. The fourth-order valence-corrected chi connectivity index (χ4v) is 5.37. The molecule has 0 spiro atoms. The van der Waals surface area contributed by atoms with E-state index in [-0.39, 0.29) is 31.0 Å². The minimum Gasteiger partial charge on any atom is -0.484 e. The number of nitrogens with one attached hydrogen (secondary N) is 1. The zero-order valence-electron chi connectivity index (χ0n) is 21.9. The molecule has 2 amide bonds. The molecule has 3 aromatic rings. The maximum absolute atomic E-state index is 13.8. The number of halogens is 2. The third kappa shape index (κ3) is 7.39. The summed E-state index contributed by atoms with van der Waals surface area (Å²) in [6.45, 7) is 3.99. The second-order valence-electron chi connectivity index (χ2n) is 9.97. The Kier molecular flexibility index (Phi) is 9.86. The zero-order valence-corrected chi connectivity index (χ0v) is 24.2. The summed E-state index contributed by atoms with van der Waals surface area (Å²) in [4.78, 5) is 29.2. The van der Waals surface area contributed by atoms with E-state index in [2.05, 4.69) is 21.2 Å². The Morgan fingerprint density at radius 1 is 1.03 bits per heavy atom. The van der Waals surface area contributed by atoms with E-state index in [1.54, 1.807) is 11.0 Å². The van der Waals surface area contributed by atoms with Crippen LogP contribution in [0.1, 0.15) is 47.9 Å². The van der Waals surface area contributed by atoms with Gasteiger partial charge in [0.2, 0.25) is 5.91 Å². The number of hydrogen-bond acceptors (Lipinski definition) is 3. The van der Waals surface area contributed by atoms with Crippen LogP contribution in [0.2, 0.25) is 5.02 Å². The van der Waals surface area contributed by atoms with Gasteiger partial charge in [-0.25, -0.2) is 0 Å². The van der Waals surface area contributed by atoms with Crippen molar-refractivity contribution in [2.75, 3.05) is 6.61 Å². The summed E-state index contributed by atoms with van der Waals surface area (Å²) < 4.78 is 6.99. The van der Waals surface area contributed by atoms with Crippen molar-refractivity contribution >= 4 is 39.3 Å². The molecule has 0 bridgehead atoms. The van der Waals surface area contributed by atoms with Crippen molar-refractivity contribution in [1.29, 1.82) is 0 Å². The third-order valence-electron chi connectivity index (χ3n) is 7.04. The van der Waals surface area contributed by atoms with Crippen LogP contribution >= 0.6 is 27.5 Å². The molecule has 0 aromatic heterocycles. The van der Waals surface area contributed by atoms with Crippen molar-refractivity contribution < 1.29 is 14.3 Å². The predicted octanol–water partition coefficient (Wildman–Crippen LogP) is 6.80. The average Bonchev–Trinajstić information content (AvgIpc) is 3.42. The lowest BCUT2D eigenvalue weighted by atomic mass is 10.0. The number of aryl methyl sites for hydroxylation is 2. The molecule has 1 aliphatic rings. The van der Waals surface area contributed by atoms with Crippen LogP contribution in [0.5, 0.6) is 5.75 Å². The molecule has 1 N–H and O–H groups in total. The molecule has 0 heterocycles. The maximum Gasteiger partial charge on any atom is 0.261 e. The number of benzene rings is 3. The second kappa shape index (κ2) is 13.3. The number of ether oxygens (including phenoxy) is 1. The largest absolute Gasteiger partial charge is 0.484 e. The highest BCUT2D eigenvalue weighted by molar-refractivity contribution is 9.10. The monoisotopic (exact) mass is 596 g/mol. The molecule has 0 aliphatic heterocycles. The van der Waals surface area contributed by atoms with Gasteiger partial charge in [-0.15, -0.1) is 0 Å². The highest BCUT2D eigenvalue weighted by Crippen LogP contribution is 2.27. The first-order chi connectivity index (χ1) is 18.3. The Morgan fingerprint density at radius 2 is 1.66 bits per heavy atom. The molecule has 3 aromatic carbocycles. The molecule has 200 valence electrons. The van der Waals surface area contributed by atoms with Gasteiger partial charge in [-0.05, 0) is 67.1 Å². The first kappa shape index (κ1) is 28.2. The van der Waals surface area contributed by atoms with E-state index in [9.17, 15) is 9.59 Å². The summed E-state index contributed by atoms with van der Waals surface area (Å²) in [5, 5.41) is 3.77. The van der Waals surface area contributed by atoms with E-state index >= 15 is 0 Å². The number of hydrogen-bond donors (Lipinski definition) is 1. The fraction of sp³-hybridized carbons (Fsp3) is 0.355. The summed E-state index contributed by atoms with van der Waals surface area (Å²) in [6.07, 6.45) is 4.54. The molecule has 5 nitrogen and oxygen atoms in total. The molecule has 0 unspecified atom stereocenters. The normalized spacial score (nSPS) is 14.2. The lowest BCUT2D eigenvalue weighted by Gasteiger charge is -2.32. The first-order valence-electron chi connectivity index (χ1n) is 13.1. The summed E-state index contributed by atoms with van der Waals surface area (Å²) in [5.74, 6) is 0.200. The van der Waals surface area contributed by atoms with Crippen LogP contribution in [0.3, 0.4) is 0 Å². The standard InChI is InChI=1S/C31H34BrClN2O3/c1-21-16-26(17-22(2)30(21)32)38-20-29(36)35(19-24-12-6-9-15-27(24)33)28(18-23-10-4-3-5-11-23)31(37)34-25-13-7-8-14-25/h3-6,9-12,15-17,25,28H,7-8,13-14,18-20H2,1-2H3,(H,34,37)/t28-/m1/s1. The Balaban J connectivity index is 1.63. The van der Waals surface area contributed by atoms with Crippen molar-refractivity contribution in [3.05, 3.63) is 98.5 Å². The van der Waals surface area contributed by atoms with Gasteiger partial charge in [0.15, 0.2) is 6.61 Å². The van der Waals surface area contributed by atoms with Gasteiger partial charge in [0, 0.05) is 28.5 Å². The summed E-state index contributed by atoms with van der Waals surface area (Å²) in [6, 6.07) is 20.5. The molecular weight excluding hydrogens is 564 g/mol. The van der Waals surface area contributed by atoms with E-state index in [0.717, 1.165) is 52.4 Å². The molecular formula is C31H34BrClN2O3. The van der Waals surface area contributed by atoms with E-state index in [0.29, 0.717) is 17.2 Å². The number of rotatable bonds is 10. The molecule has 0 saturated heterocycles. The van der Waals surface area contributed by atoms with Gasteiger partial charge in [-0.3, -0.25) is 9.59 Å². The molecule has 1 saturated carbocycles. The van der Waals surface area contributed by atoms with Crippen LogP contribution in [-0.2, 0) is 22.6 Å². The Bertz CT molecular complexity index is 1240. The van der Waals surface area contributed by atoms with Gasteiger partial charge >= 0.3 is 0 Å². The lowest BCUT2D eigenvalue weighted by molar-refractivity contribution is -0.143. The lowest BCUT2D eigenvalue weighted by Crippen LogP contribution is -2.53. The summed E-state index contributed by atoms with van der Waals surface area (Å²) in [7, 11) is 0. The van der Waals surface area contributed by atoms with E-state index < -0.39 is 6.04 Å². The molecule has 1 atom stereocenters. The van der Waals surface area contributed by atoms with E-state index in [4.69, 9.17) is 16.3 Å². The first-order valence-corrected chi connectivity index (χ1v) is 14.3. The molecule has 4 rings (SSSR count). The SMILES string of the molecule is Cc1cc(OCC(=O)N(Cc2ccccc2Cl)[C@H](Cc2ccccc2)C(=O)NC2CCCC2)cc(C)c1Br. The number of nitrogens with zero attached hydrogens (tertiary/aromatic N) is 1. The maximum atomic E-state index is 13.8. The van der Waals surface area contributed by atoms with Gasteiger partial charge < -0.3 is 15.0 Å². The Labute approximate surface area is 238 Å². The summed E-state index contributed by atoms with van der Waals surface area (Å²) >= 11 is 10.1. The van der Waals surface area contributed by atoms with Crippen molar-refractivity contribution in [3.8, 4) is 5.75 Å². The zero-order chi connectivity index (χ0) is 27.1. The fourth-order valence-electron chi connectivity index (χ4n) is 4.95. The number of carbonyl (C=O) groups is 2. The van der Waals surface area contributed by atoms with Crippen molar-refractivity contribution in [2.45, 2.75) is 64.6 Å². The van der Waals surface area contributed by atoms with E-state index in [1.807, 2.05) is 74.5 Å². The highest BCUT2D eigenvalue weighted by Gasteiger charge is 2.32. The second-order valence-corrected chi connectivity index (χ2v) is 11.2. The quantitative estimate of drug-likeness (QED) is 0.280. The van der Waals surface area contributed by atoms with Gasteiger partial charge in [-0.1, -0.05) is 88.9 Å². The minimum atomic E-state index is -0.709. The Morgan fingerprint density at radius 3 is 2.32 bits per heavy atom. The molecule has 0 radical (unpaired) electrons. The molecule has 7 heteroatoms. The topological polar surface area (TPSA) is 58.6 Å². The molecule has 38 heavy (non-hydrogen) atoms. The van der Waals surface area contributed by atoms with Crippen LogP contribution in [0.15, 0.2) is 71.2 Å². The van der Waals surface area contributed by atoms with Crippen LogP contribution in [-0.4, -0.2) is 35.4 Å².